The lowest BCUT2D eigenvalue weighted by Crippen LogP contribution is -2.42. The molecule has 12 rings (SSSR count). The van der Waals surface area contributed by atoms with Crippen molar-refractivity contribution >= 4 is 38.7 Å². The fraction of sp³-hybridized carbons (Fsp3) is 0.379. The number of aliphatic imine (C=N–C) groups is 2. The van der Waals surface area contributed by atoms with Crippen molar-refractivity contribution in [3.8, 4) is 0 Å². The number of nitrogens with one attached hydrogen (secondary N) is 1. The van der Waals surface area contributed by atoms with Gasteiger partial charge in [-0.3, -0.25) is 0 Å². The zero-order valence-electron chi connectivity index (χ0n) is 36.8. The second kappa shape index (κ2) is 16.7. The first kappa shape index (κ1) is 39.3. The monoisotopic (exact) mass is 844 g/mol. The Morgan fingerprint density at radius 2 is 1.67 bits per heavy atom. The molecule has 0 bridgehead atoms. The van der Waals surface area contributed by atoms with Crippen LogP contribution < -0.4 is 5.32 Å². The minimum atomic E-state index is -0.175. The predicted molar refractivity (Wildman–Crippen MR) is 265 cm³/mol. The van der Waals surface area contributed by atoms with Crippen LogP contribution >= 0.6 is 11.3 Å². The van der Waals surface area contributed by atoms with Crippen molar-refractivity contribution in [2.24, 2.45) is 21.8 Å². The maximum absolute atomic E-state index is 5.64. The summed E-state index contributed by atoms with van der Waals surface area (Å²) in [6, 6.07) is 19.7. The van der Waals surface area contributed by atoms with Crippen LogP contribution in [0.25, 0.3) is 15.7 Å². The summed E-state index contributed by atoms with van der Waals surface area (Å²) in [6.07, 6.45) is 47.9. The van der Waals surface area contributed by atoms with Gasteiger partial charge in [0.25, 0.3) is 0 Å². The molecule has 318 valence electrons. The maximum atomic E-state index is 5.64. The number of amidine groups is 2. The summed E-state index contributed by atoms with van der Waals surface area (Å²) in [5, 5.41) is 5.43. The summed E-state index contributed by atoms with van der Waals surface area (Å²) in [4.78, 5) is 15.5. The number of hydrogen-bond donors (Lipinski definition) is 1. The Morgan fingerprint density at radius 1 is 0.778 bits per heavy atom. The number of likely N-dealkylation sites (tertiary alicyclic amines) is 1. The van der Waals surface area contributed by atoms with Gasteiger partial charge in [-0.05, 0) is 146 Å². The summed E-state index contributed by atoms with van der Waals surface area (Å²) >= 11 is 2.07. The van der Waals surface area contributed by atoms with Crippen LogP contribution in [0, 0.1) is 11.8 Å². The zero-order chi connectivity index (χ0) is 41.9. The molecule has 0 radical (unpaired) electrons. The second-order valence-electron chi connectivity index (χ2n) is 19.5. The standard InChI is InChI=1S/C58H60N4S/c1-37-34-51-53(47-28-16-17-29-50(47)62(51)43-24-12-5-13-25-43)54-49-36-42(31-33-52(49)63-55(37)54)46-32-30-41(45-27-15-14-26-44(45)38-18-6-2-7-19-38)35-48(46)58-60-56(39-20-8-3-9-21-39)59-57(61-58)40-22-10-4-11-23-40/h2-3,5-9,12-13,15,18-20,22,24,27-29,31,33,35-37,39,43-45,51,53,57H,4,10-11,14,16-17,21,23,25-26,30,32,34H2,1H3,(H,59,60,61). The summed E-state index contributed by atoms with van der Waals surface area (Å²) in [6.45, 7) is 2.50. The van der Waals surface area contributed by atoms with Gasteiger partial charge < -0.3 is 10.2 Å². The lowest BCUT2D eigenvalue weighted by molar-refractivity contribution is 0.211. The molecule has 5 heteroatoms. The molecule has 2 aliphatic heterocycles. The highest BCUT2D eigenvalue weighted by molar-refractivity contribution is 7.19. The van der Waals surface area contributed by atoms with Gasteiger partial charge in [-0.1, -0.05) is 134 Å². The van der Waals surface area contributed by atoms with Crippen molar-refractivity contribution in [3.63, 3.8) is 0 Å². The number of thiophene rings is 1. The fourth-order valence-corrected chi connectivity index (χ4v) is 14.0. The quantitative estimate of drug-likeness (QED) is 0.241. The minimum absolute atomic E-state index is 0.175. The lowest BCUT2D eigenvalue weighted by Gasteiger charge is -2.39. The van der Waals surface area contributed by atoms with Crippen molar-refractivity contribution in [1.82, 2.24) is 10.2 Å². The van der Waals surface area contributed by atoms with Crippen LogP contribution in [0.1, 0.15) is 130 Å². The first-order valence-corrected chi connectivity index (χ1v) is 25.2. The van der Waals surface area contributed by atoms with E-state index in [0.29, 0.717) is 35.8 Å². The molecule has 0 amide bonds. The van der Waals surface area contributed by atoms with Crippen LogP contribution in [-0.2, 0) is 0 Å². The van der Waals surface area contributed by atoms with E-state index in [9.17, 15) is 0 Å². The van der Waals surface area contributed by atoms with E-state index in [1.165, 1.54) is 74.9 Å². The number of allylic oxidation sites excluding steroid dienone is 13. The Labute approximate surface area is 378 Å². The molecule has 8 unspecified atom stereocenters. The third-order valence-corrected chi connectivity index (χ3v) is 17.1. The molecule has 9 aliphatic rings. The number of fused-ring (bicyclic) bond motifs is 7. The van der Waals surface area contributed by atoms with Gasteiger partial charge >= 0.3 is 0 Å². The highest BCUT2D eigenvalue weighted by Gasteiger charge is 2.49. The van der Waals surface area contributed by atoms with Gasteiger partial charge in [-0.15, -0.1) is 11.3 Å². The molecule has 0 spiro atoms. The Hall–Kier alpha value is -5.26. The Kier molecular flexibility index (Phi) is 10.4. The van der Waals surface area contributed by atoms with Crippen LogP contribution in [0.2, 0.25) is 0 Å². The van der Waals surface area contributed by atoms with Crippen molar-refractivity contribution in [2.75, 3.05) is 0 Å². The van der Waals surface area contributed by atoms with Gasteiger partial charge in [0.15, 0.2) is 6.17 Å². The normalized spacial score (nSPS) is 31.0. The van der Waals surface area contributed by atoms with Crippen molar-refractivity contribution in [3.05, 3.63) is 183 Å². The topological polar surface area (TPSA) is 40.0 Å². The molecule has 0 saturated carbocycles. The lowest BCUT2D eigenvalue weighted by atomic mass is 9.72. The van der Waals surface area contributed by atoms with E-state index in [0.717, 1.165) is 69.5 Å². The zero-order valence-corrected chi connectivity index (χ0v) is 37.6. The molecule has 8 atom stereocenters. The summed E-state index contributed by atoms with van der Waals surface area (Å²) in [7, 11) is 0. The van der Waals surface area contributed by atoms with Crippen molar-refractivity contribution in [1.29, 1.82) is 0 Å². The van der Waals surface area contributed by atoms with Crippen LogP contribution in [0.4, 0.5) is 0 Å². The summed E-state index contributed by atoms with van der Waals surface area (Å²) in [5.74, 6) is 4.07. The van der Waals surface area contributed by atoms with E-state index < -0.39 is 0 Å². The van der Waals surface area contributed by atoms with Gasteiger partial charge in [-0.2, -0.15) is 0 Å². The Balaban J connectivity index is 1.01. The SMILES string of the molecule is CC1CC2C(C3=CCCC=C3N2C2C=CC=CC2)c2c1sc1ccc(C3=C(C4=NC(C5=CCCCC5)N=C(C5C=CC=CC5)N4)C=C(C4C=CCCC4c4ccccc4)CC3)cc21. The average molecular weight is 845 g/mol. The predicted octanol–water partition coefficient (Wildman–Crippen LogP) is 14.2. The number of rotatable bonds is 7. The molecule has 1 N–H and O–H groups in total. The van der Waals surface area contributed by atoms with Crippen LogP contribution in [0.15, 0.2) is 172 Å². The molecule has 1 fully saturated rings. The highest BCUT2D eigenvalue weighted by atomic mass is 32.1. The van der Waals surface area contributed by atoms with Gasteiger partial charge in [0.1, 0.15) is 11.7 Å². The van der Waals surface area contributed by atoms with Gasteiger partial charge in [0.05, 0.1) is 6.04 Å². The molecule has 7 aliphatic carbocycles. The van der Waals surface area contributed by atoms with E-state index in [1.54, 1.807) is 16.0 Å². The van der Waals surface area contributed by atoms with E-state index in [-0.39, 0.29) is 12.1 Å². The Morgan fingerprint density at radius 3 is 2.51 bits per heavy atom. The minimum Gasteiger partial charge on any atom is -0.361 e. The van der Waals surface area contributed by atoms with Gasteiger partial charge in [0.2, 0.25) is 0 Å². The molecular formula is C58H60N4S. The van der Waals surface area contributed by atoms with E-state index in [4.69, 9.17) is 9.98 Å². The molecule has 1 aromatic heterocycles. The average Bonchev–Trinajstić information content (AvgIpc) is 3.90. The maximum Gasteiger partial charge on any atom is 0.165 e. The summed E-state index contributed by atoms with van der Waals surface area (Å²) in [5.41, 5.74) is 13.2. The number of benzene rings is 2. The molecule has 4 nitrogen and oxygen atoms in total. The van der Waals surface area contributed by atoms with Gasteiger partial charge in [0, 0.05) is 44.6 Å². The third-order valence-electron chi connectivity index (χ3n) is 15.7. The molecular weight excluding hydrogens is 785 g/mol. The first-order valence-electron chi connectivity index (χ1n) is 24.4. The molecule has 63 heavy (non-hydrogen) atoms. The smallest absolute Gasteiger partial charge is 0.165 e. The number of hydrogen-bond acceptors (Lipinski definition) is 5. The Bertz CT molecular complexity index is 2700. The number of nitrogens with zero attached hydrogens (tertiary/aromatic N) is 3. The molecule has 3 aromatic rings. The van der Waals surface area contributed by atoms with E-state index in [1.807, 2.05) is 0 Å². The van der Waals surface area contributed by atoms with Crippen molar-refractivity contribution < 1.29 is 0 Å². The van der Waals surface area contributed by atoms with Crippen LogP contribution in [-0.4, -0.2) is 34.8 Å². The van der Waals surface area contributed by atoms with Gasteiger partial charge in [-0.25, -0.2) is 9.98 Å². The van der Waals surface area contributed by atoms with Crippen molar-refractivity contribution in [2.45, 2.75) is 126 Å². The van der Waals surface area contributed by atoms with Crippen LogP contribution in [0.3, 0.4) is 0 Å². The van der Waals surface area contributed by atoms with Crippen LogP contribution in [0.5, 0.6) is 0 Å². The third kappa shape index (κ3) is 7.10. The largest absolute Gasteiger partial charge is 0.361 e. The molecule has 3 heterocycles. The first-order chi connectivity index (χ1) is 31.2. The highest BCUT2D eigenvalue weighted by Crippen LogP contribution is 2.58. The summed E-state index contributed by atoms with van der Waals surface area (Å²) < 4.78 is 1.44. The molecule has 1 saturated heterocycles. The second-order valence-corrected chi connectivity index (χ2v) is 20.5. The van der Waals surface area contributed by atoms with E-state index >= 15 is 0 Å². The fourth-order valence-electron chi connectivity index (χ4n) is 12.7. The van der Waals surface area contributed by atoms with E-state index in [2.05, 4.69) is 162 Å². The molecule has 2 aromatic carbocycles.